The van der Waals surface area contributed by atoms with E-state index < -0.39 is 0 Å². The summed E-state index contributed by atoms with van der Waals surface area (Å²) in [6, 6.07) is -0.201. The lowest BCUT2D eigenvalue weighted by molar-refractivity contribution is -0.138. The molecule has 9 nitrogen and oxygen atoms in total. The standard InChI is InChI=1S/C17H23N7O2/c1-3-23-19-10-13(21-23)17(26)20-12-6-7-14(25)24(11-4-5-11)15(12)16-18-8-9-22(16)2/h8-12,15H,3-7H2,1-2H3,(H,20,26)/t12-,15-/m1/s1. The van der Waals surface area contributed by atoms with E-state index in [1.165, 1.54) is 11.0 Å². The number of imidazole rings is 1. The van der Waals surface area contributed by atoms with Crippen LogP contribution < -0.4 is 5.32 Å². The lowest BCUT2D eigenvalue weighted by Gasteiger charge is -2.41. The molecule has 4 rings (SSSR count). The first kappa shape index (κ1) is 16.7. The molecule has 1 N–H and O–H groups in total. The molecule has 1 aliphatic heterocycles. The van der Waals surface area contributed by atoms with E-state index in [1.54, 1.807) is 6.20 Å². The van der Waals surface area contributed by atoms with Crippen LogP contribution in [0.2, 0.25) is 0 Å². The molecule has 2 aliphatic rings. The Morgan fingerprint density at radius 1 is 1.35 bits per heavy atom. The first-order chi connectivity index (χ1) is 12.6. The van der Waals surface area contributed by atoms with Gasteiger partial charge in [0.2, 0.25) is 5.91 Å². The van der Waals surface area contributed by atoms with Gasteiger partial charge in [0.1, 0.15) is 11.9 Å². The third-order valence-electron chi connectivity index (χ3n) is 5.07. The summed E-state index contributed by atoms with van der Waals surface area (Å²) in [5.74, 6) is 0.675. The van der Waals surface area contributed by atoms with Gasteiger partial charge >= 0.3 is 0 Å². The topological polar surface area (TPSA) is 97.9 Å². The number of rotatable bonds is 5. The highest BCUT2D eigenvalue weighted by Crippen LogP contribution is 2.40. The fourth-order valence-electron chi connectivity index (χ4n) is 3.61. The van der Waals surface area contributed by atoms with Gasteiger partial charge < -0.3 is 14.8 Å². The normalized spacial score (nSPS) is 23.3. The smallest absolute Gasteiger partial charge is 0.273 e. The molecule has 2 fully saturated rings. The molecule has 0 radical (unpaired) electrons. The number of amides is 2. The molecule has 2 atom stereocenters. The highest BCUT2D eigenvalue weighted by atomic mass is 16.2. The number of likely N-dealkylation sites (tertiary alicyclic amines) is 1. The van der Waals surface area contributed by atoms with Crippen LogP contribution >= 0.6 is 0 Å². The molecule has 0 bridgehead atoms. The van der Waals surface area contributed by atoms with Crippen LogP contribution in [-0.2, 0) is 18.4 Å². The number of piperidine rings is 1. The molecule has 1 saturated heterocycles. The highest BCUT2D eigenvalue weighted by molar-refractivity contribution is 5.92. The Morgan fingerprint density at radius 2 is 2.15 bits per heavy atom. The van der Waals surface area contributed by atoms with E-state index in [9.17, 15) is 9.59 Å². The molecule has 0 aromatic carbocycles. The quantitative estimate of drug-likeness (QED) is 0.847. The summed E-state index contributed by atoms with van der Waals surface area (Å²) in [5.41, 5.74) is 0.292. The summed E-state index contributed by atoms with van der Waals surface area (Å²) >= 11 is 0. The summed E-state index contributed by atoms with van der Waals surface area (Å²) in [5, 5.41) is 11.3. The maximum absolute atomic E-state index is 12.7. The lowest BCUT2D eigenvalue weighted by atomic mass is 9.94. The Balaban J connectivity index is 1.61. The van der Waals surface area contributed by atoms with E-state index in [4.69, 9.17) is 0 Å². The Hall–Kier alpha value is -2.71. The third kappa shape index (κ3) is 2.97. The number of carbonyl (C=O) groups is 2. The van der Waals surface area contributed by atoms with Crippen molar-refractivity contribution in [1.29, 1.82) is 0 Å². The molecule has 0 spiro atoms. The van der Waals surface area contributed by atoms with Gasteiger partial charge in [0.15, 0.2) is 5.69 Å². The van der Waals surface area contributed by atoms with Crippen molar-refractivity contribution in [2.24, 2.45) is 7.05 Å². The van der Waals surface area contributed by atoms with Gasteiger partial charge in [0, 0.05) is 31.9 Å². The first-order valence-corrected chi connectivity index (χ1v) is 9.08. The molecule has 0 unspecified atom stereocenters. The van der Waals surface area contributed by atoms with E-state index in [0.29, 0.717) is 25.1 Å². The van der Waals surface area contributed by atoms with Crippen molar-refractivity contribution in [2.45, 2.75) is 57.3 Å². The van der Waals surface area contributed by atoms with Crippen molar-refractivity contribution in [2.75, 3.05) is 0 Å². The van der Waals surface area contributed by atoms with Crippen LogP contribution in [0.1, 0.15) is 55.0 Å². The monoisotopic (exact) mass is 357 g/mol. The zero-order chi connectivity index (χ0) is 18.3. The molecule has 26 heavy (non-hydrogen) atoms. The average Bonchev–Trinajstić information content (AvgIpc) is 3.18. The molecule has 2 aromatic heterocycles. The summed E-state index contributed by atoms with van der Waals surface area (Å²) in [7, 11) is 1.91. The molecule has 9 heteroatoms. The number of aromatic nitrogens is 5. The van der Waals surface area contributed by atoms with Gasteiger partial charge in [-0.3, -0.25) is 9.59 Å². The lowest BCUT2D eigenvalue weighted by Crippen LogP contribution is -2.53. The van der Waals surface area contributed by atoms with E-state index in [1.807, 2.05) is 29.6 Å². The van der Waals surface area contributed by atoms with Gasteiger partial charge in [0.05, 0.1) is 18.8 Å². The molecule has 2 amide bonds. The fraction of sp³-hybridized carbons (Fsp3) is 0.588. The van der Waals surface area contributed by atoms with Crippen molar-refractivity contribution in [1.82, 2.24) is 34.8 Å². The summed E-state index contributed by atoms with van der Waals surface area (Å²) in [6.45, 7) is 2.52. The molecule has 1 aliphatic carbocycles. The van der Waals surface area contributed by atoms with Crippen LogP contribution in [0.4, 0.5) is 0 Å². The van der Waals surface area contributed by atoms with Gasteiger partial charge in [-0.2, -0.15) is 9.90 Å². The highest BCUT2D eigenvalue weighted by Gasteiger charge is 2.46. The average molecular weight is 357 g/mol. The number of hydrogen-bond donors (Lipinski definition) is 1. The van der Waals surface area contributed by atoms with Crippen LogP contribution in [0, 0.1) is 0 Å². The minimum absolute atomic E-state index is 0.142. The van der Waals surface area contributed by atoms with Gasteiger partial charge in [-0.05, 0) is 26.2 Å². The molecule has 2 aromatic rings. The number of nitrogens with zero attached hydrogens (tertiary/aromatic N) is 6. The van der Waals surface area contributed by atoms with Crippen molar-refractivity contribution >= 4 is 11.8 Å². The Morgan fingerprint density at radius 3 is 2.77 bits per heavy atom. The van der Waals surface area contributed by atoms with Crippen molar-refractivity contribution < 1.29 is 9.59 Å². The van der Waals surface area contributed by atoms with Crippen LogP contribution in [0.5, 0.6) is 0 Å². The zero-order valence-electron chi connectivity index (χ0n) is 15.0. The largest absolute Gasteiger partial charge is 0.345 e. The summed E-state index contributed by atoms with van der Waals surface area (Å²) < 4.78 is 1.92. The molecular formula is C17H23N7O2. The maximum atomic E-state index is 12.7. The Bertz CT molecular complexity index is 823. The number of carbonyl (C=O) groups excluding carboxylic acids is 2. The van der Waals surface area contributed by atoms with Crippen LogP contribution in [-0.4, -0.2) is 53.3 Å². The van der Waals surface area contributed by atoms with Crippen LogP contribution in [0.15, 0.2) is 18.6 Å². The summed E-state index contributed by atoms with van der Waals surface area (Å²) in [6.07, 6.45) is 8.12. The van der Waals surface area contributed by atoms with Gasteiger partial charge in [-0.15, -0.1) is 5.10 Å². The second-order valence-corrected chi connectivity index (χ2v) is 6.91. The second kappa shape index (κ2) is 6.54. The zero-order valence-corrected chi connectivity index (χ0v) is 15.0. The third-order valence-corrected chi connectivity index (χ3v) is 5.07. The number of nitrogens with one attached hydrogen (secondary N) is 1. The van der Waals surface area contributed by atoms with E-state index in [-0.39, 0.29) is 29.9 Å². The second-order valence-electron chi connectivity index (χ2n) is 6.91. The number of aryl methyl sites for hydroxylation is 2. The minimum atomic E-state index is -0.265. The Kier molecular flexibility index (Phi) is 4.21. The minimum Gasteiger partial charge on any atom is -0.345 e. The Labute approximate surface area is 151 Å². The van der Waals surface area contributed by atoms with Crippen molar-refractivity contribution in [3.63, 3.8) is 0 Å². The maximum Gasteiger partial charge on any atom is 0.273 e. The number of hydrogen-bond acceptors (Lipinski definition) is 5. The van der Waals surface area contributed by atoms with Crippen molar-refractivity contribution in [3.8, 4) is 0 Å². The van der Waals surface area contributed by atoms with Gasteiger partial charge in [0.25, 0.3) is 5.91 Å². The van der Waals surface area contributed by atoms with E-state index >= 15 is 0 Å². The molecule has 1 saturated carbocycles. The first-order valence-electron chi connectivity index (χ1n) is 9.08. The van der Waals surface area contributed by atoms with E-state index in [2.05, 4.69) is 20.5 Å². The summed E-state index contributed by atoms with van der Waals surface area (Å²) in [4.78, 5) is 33.1. The van der Waals surface area contributed by atoms with E-state index in [0.717, 1.165) is 18.7 Å². The fourth-order valence-corrected chi connectivity index (χ4v) is 3.61. The SMILES string of the molecule is CCn1ncc(C(=O)N[C@@H]2CCC(=O)N(C3CC3)[C@H]2c2nccn2C)n1. The molecule has 138 valence electrons. The van der Waals surface area contributed by atoms with Gasteiger partial charge in [-0.1, -0.05) is 0 Å². The predicted octanol–water partition coefficient (Wildman–Crippen LogP) is 0.656. The van der Waals surface area contributed by atoms with Crippen LogP contribution in [0.25, 0.3) is 0 Å². The predicted molar refractivity (Wildman–Crippen MR) is 92.0 cm³/mol. The molecule has 3 heterocycles. The molecular weight excluding hydrogens is 334 g/mol. The van der Waals surface area contributed by atoms with Gasteiger partial charge in [-0.25, -0.2) is 4.98 Å². The van der Waals surface area contributed by atoms with Crippen LogP contribution in [0.3, 0.4) is 0 Å². The van der Waals surface area contributed by atoms with Crippen molar-refractivity contribution in [3.05, 3.63) is 30.1 Å².